The van der Waals surface area contributed by atoms with E-state index in [0.29, 0.717) is 5.56 Å². The summed E-state index contributed by atoms with van der Waals surface area (Å²) in [6.07, 6.45) is 0.259. The first kappa shape index (κ1) is 12.4. The Labute approximate surface area is 95.1 Å². The monoisotopic (exact) mass is 220 g/mol. The minimum atomic E-state index is -0.870. The number of benzene rings is 1. The van der Waals surface area contributed by atoms with E-state index >= 15 is 0 Å². The summed E-state index contributed by atoms with van der Waals surface area (Å²) in [4.78, 5) is 22.5. The van der Waals surface area contributed by atoms with Gasteiger partial charge in [0.1, 0.15) is 0 Å². The van der Waals surface area contributed by atoms with Crippen LogP contribution in [0.15, 0.2) is 30.3 Å². The molecular weight excluding hydrogens is 204 g/mol. The van der Waals surface area contributed by atoms with E-state index in [1.807, 2.05) is 6.07 Å². The molecule has 0 amide bonds. The molecule has 0 spiro atoms. The van der Waals surface area contributed by atoms with Gasteiger partial charge in [-0.3, -0.25) is 9.59 Å². The highest BCUT2D eigenvalue weighted by Crippen LogP contribution is 2.26. The van der Waals surface area contributed by atoms with Gasteiger partial charge in [0.2, 0.25) is 0 Å². The molecule has 16 heavy (non-hydrogen) atoms. The number of carboxylic acid groups (broad SMARTS) is 1. The van der Waals surface area contributed by atoms with Crippen molar-refractivity contribution in [3.05, 3.63) is 35.9 Å². The van der Waals surface area contributed by atoms with Gasteiger partial charge in [-0.05, 0) is 5.41 Å². The Kier molecular flexibility index (Phi) is 3.82. The summed E-state index contributed by atoms with van der Waals surface area (Å²) in [5.74, 6) is -0.877. The molecule has 1 N–H and O–H groups in total. The maximum absolute atomic E-state index is 11.8. The maximum Gasteiger partial charge on any atom is 0.303 e. The molecule has 0 bridgehead atoms. The summed E-state index contributed by atoms with van der Waals surface area (Å²) in [7, 11) is 0. The lowest BCUT2D eigenvalue weighted by Crippen LogP contribution is -2.21. The minimum Gasteiger partial charge on any atom is -0.481 e. The standard InChI is InChI=1S/C13H16O3/c1-13(2,9-12(15)16)8-11(14)10-6-4-3-5-7-10/h3-7H,8-9H2,1-2H3,(H,15,16). The van der Waals surface area contributed by atoms with Gasteiger partial charge in [-0.25, -0.2) is 0 Å². The number of carbonyl (C=O) groups excluding carboxylic acids is 1. The van der Waals surface area contributed by atoms with Crippen LogP contribution in [0, 0.1) is 5.41 Å². The topological polar surface area (TPSA) is 54.4 Å². The molecule has 1 aromatic rings. The van der Waals surface area contributed by atoms with Gasteiger partial charge in [-0.2, -0.15) is 0 Å². The van der Waals surface area contributed by atoms with Crippen LogP contribution in [0.4, 0.5) is 0 Å². The molecule has 0 heterocycles. The summed E-state index contributed by atoms with van der Waals surface area (Å²) in [6, 6.07) is 8.95. The number of hydrogen-bond donors (Lipinski definition) is 1. The van der Waals surface area contributed by atoms with Crippen LogP contribution < -0.4 is 0 Å². The average Bonchev–Trinajstić information content (AvgIpc) is 2.16. The second kappa shape index (κ2) is 4.92. The first-order valence-corrected chi connectivity index (χ1v) is 5.21. The van der Waals surface area contributed by atoms with Gasteiger partial charge in [0.15, 0.2) is 5.78 Å². The second-order valence-corrected chi connectivity index (χ2v) is 4.70. The van der Waals surface area contributed by atoms with Crippen molar-refractivity contribution in [3.63, 3.8) is 0 Å². The van der Waals surface area contributed by atoms with Gasteiger partial charge in [0, 0.05) is 12.0 Å². The Balaban J connectivity index is 2.68. The fraction of sp³-hybridized carbons (Fsp3) is 0.385. The molecule has 0 radical (unpaired) electrons. The van der Waals surface area contributed by atoms with Crippen LogP contribution >= 0.6 is 0 Å². The molecule has 3 heteroatoms. The molecule has 1 rings (SSSR count). The van der Waals surface area contributed by atoms with Crippen LogP contribution in [-0.2, 0) is 4.79 Å². The molecule has 0 unspecified atom stereocenters. The van der Waals surface area contributed by atoms with Crippen LogP contribution in [0.1, 0.15) is 37.0 Å². The van der Waals surface area contributed by atoms with Gasteiger partial charge >= 0.3 is 5.97 Å². The fourth-order valence-electron chi connectivity index (χ4n) is 1.63. The Morgan fingerprint density at radius 1 is 1.12 bits per heavy atom. The minimum absolute atomic E-state index is 0.00553. The highest BCUT2D eigenvalue weighted by molar-refractivity contribution is 5.96. The van der Waals surface area contributed by atoms with Crippen molar-refractivity contribution < 1.29 is 14.7 Å². The molecule has 0 fully saturated rings. The van der Waals surface area contributed by atoms with Crippen LogP contribution in [-0.4, -0.2) is 16.9 Å². The number of ketones is 1. The van der Waals surface area contributed by atoms with Crippen molar-refractivity contribution in [2.24, 2.45) is 5.41 Å². The second-order valence-electron chi connectivity index (χ2n) is 4.70. The van der Waals surface area contributed by atoms with E-state index in [1.54, 1.807) is 38.1 Å². The van der Waals surface area contributed by atoms with E-state index in [9.17, 15) is 9.59 Å². The number of aliphatic carboxylic acids is 1. The third kappa shape index (κ3) is 3.85. The first-order chi connectivity index (χ1) is 7.41. The van der Waals surface area contributed by atoms with Gasteiger partial charge < -0.3 is 5.11 Å². The molecule has 0 saturated heterocycles. The summed E-state index contributed by atoms with van der Waals surface area (Å²) in [5.41, 5.74) is 0.139. The van der Waals surface area contributed by atoms with E-state index in [1.165, 1.54) is 0 Å². The van der Waals surface area contributed by atoms with Crippen molar-refractivity contribution >= 4 is 11.8 Å². The number of carboxylic acids is 1. The molecule has 0 saturated carbocycles. The van der Waals surface area contributed by atoms with E-state index in [0.717, 1.165) is 0 Å². The molecule has 0 aromatic heterocycles. The van der Waals surface area contributed by atoms with Gasteiger partial charge in [-0.15, -0.1) is 0 Å². The number of rotatable bonds is 5. The zero-order chi connectivity index (χ0) is 12.2. The molecule has 1 aromatic carbocycles. The number of carbonyl (C=O) groups is 2. The van der Waals surface area contributed by atoms with Crippen molar-refractivity contribution in [1.82, 2.24) is 0 Å². The lowest BCUT2D eigenvalue weighted by Gasteiger charge is -2.21. The lowest BCUT2D eigenvalue weighted by atomic mass is 9.82. The van der Waals surface area contributed by atoms with Crippen LogP contribution in [0.5, 0.6) is 0 Å². The summed E-state index contributed by atoms with van der Waals surface area (Å²) in [5, 5.41) is 8.72. The normalized spacial score (nSPS) is 11.1. The van der Waals surface area contributed by atoms with Crippen molar-refractivity contribution in [2.45, 2.75) is 26.7 Å². The van der Waals surface area contributed by atoms with Crippen LogP contribution in [0.25, 0.3) is 0 Å². The third-order valence-corrected chi connectivity index (χ3v) is 2.36. The highest BCUT2D eigenvalue weighted by atomic mass is 16.4. The summed E-state index contributed by atoms with van der Waals surface area (Å²) < 4.78 is 0. The Bertz CT molecular complexity index is 379. The third-order valence-electron chi connectivity index (χ3n) is 2.36. The van der Waals surface area contributed by atoms with Crippen molar-refractivity contribution in [2.75, 3.05) is 0 Å². The maximum atomic E-state index is 11.8. The summed E-state index contributed by atoms with van der Waals surface area (Å²) in [6.45, 7) is 3.59. The smallest absolute Gasteiger partial charge is 0.303 e. The zero-order valence-electron chi connectivity index (χ0n) is 9.56. The van der Waals surface area contributed by atoms with Crippen molar-refractivity contribution in [1.29, 1.82) is 0 Å². The number of hydrogen-bond acceptors (Lipinski definition) is 2. The van der Waals surface area contributed by atoms with Gasteiger partial charge in [-0.1, -0.05) is 44.2 Å². The predicted molar refractivity (Wildman–Crippen MR) is 61.4 cm³/mol. The molecule has 86 valence electrons. The van der Waals surface area contributed by atoms with E-state index in [-0.39, 0.29) is 18.6 Å². The molecule has 0 atom stereocenters. The van der Waals surface area contributed by atoms with Crippen molar-refractivity contribution in [3.8, 4) is 0 Å². The predicted octanol–water partition coefficient (Wildman–Crippen LogP) is 2.76. The first-order valence-electron chi connectivity index (χ1n) is 5.21. The largest absolute Gasteiger partial charge is 0.481 e. The SMILES string of the molecule is CC(C)(CC(=O)O)CC(=O)c1ccccc1. The Hall–Kier alpha value is -1.64. The molecular formula is C13H16O3. The Morgan fingerprint density at radius 3 is 2.19 bits per heavy atom. The number of Topliss-reactive ketones (excluding diaryl/α,β-unsaturated/α-hetero) is 1. The van der Waals surface area contributed by atoms with E-state index in [2.05, 4.69) is 0 Å². The molecule has 0 aliphatic rings. The molecule has 0 aliphatic heterocycles. The van der Waals surface area contributed by atoms with Crippen LogP contribution in [0.3, 0.4) is 0 Å². The van der Waals surface area contributed by atoms with Gasteiger partial charge in [0.05, 0.1) is 6.42 Å². The molecule has 3 nitrogen and oxygen atoms in total. The summed E-state index contributed by atoms with van der Waals surface area (Å²) >= 11 is 0. The zero-order valence-corrected chi connectivity index (χ0v) is 9.56. The lowest BCUT2D eigenvalue weighted by molar-refractivity contribution is -0.139. The fourth-order valence-corrected chi connectivity index (χ4v) is 1.63. The van der Waals surface area contributed by atoms with E-state index < -0.39 is 11.4 Å². The van der Waals surface area contributed by atoms with E-state index in [4.69, 9.17) is 5.11 Å². The van der Waals surface area contributed by atoms with Gasteiger partial charge in [0.25, 0.3) is 0 Å². The average molecular weight is 220 g/mol. The quantitative estimate of drug-likeness (QED) is 0.776. The Morgan fingerprint density at radius 2 is 1.69 bits per heavy atom. The molecule has 0 aliphatic carbocycles. The highest BCUT2D eigenvalue weighted by Gasteiger charge is 2.25. The van der Waals surface area contributed by atoms with Crippen LogP contribution in [0.2, 0.25) is 0 Å².